The van der Waals surface area contributed by atoms with E-state index >= 15 is 0 Å². The smallest absolute Gasteiger partial charge is 0.270 e. The summed E-state index contributed by atoms with van der Waals surface area (Å²) < 4.78 is 0. The molecule has 0 saturated heterocycles. The Morgan fingerprint density at radius 1 is 1.56 bits per heavy atom. The van der Waals surface area contributed by atoms with Crippen molar-refractivity contribution in [3.8, 4) is 0 Å². The molecule has 0 saturated carbocycles. The highest BCUT2D eigenvalue weighted by Crippen LogP contribution is 2.27. The van der Waals surface area contributed by atoms with Gasteiger partial charge in [-0.05, 0) is 18.1 Å². The fourth-order valence-corrected chi connectivity index (χ4v) is 1.77. The summed E-state index contributed by atoms with van der Waals surface area (Å²) >= 11 is 0. The second kappa shape index (κ2) is 3.94. The van der Waals surface area contributed by atoms with Crippen LogP contribution in [0.1, 0.15) is 24.9 Å². The predicted molar refractivity (Wildman–Crippen MR) is 62.2 cm³/mol. The summed E-state index contributed by atoms with van der Waals surface area (Å²) in [5, 5.41) is 11.5. The maximum Gasteiger partial charge on any atom is 0.270 e. The summed E-state index contributed by atoms with van der Waals surface area (Å²) in [6, 6.07) is 4.67. The van der Waals surface area contributed by atoms with Crippen molar-refractivity contribution in [2.45, 2.75) is 19.4 Å². The minimum Gasteiger partial charge on any atom is -0.361 e. The van der Waals surface area contributed by atoms with Gasteiger partial charge >= 0.3 is 0 Å². The van der Waals surface area contributed by atoms with Crippen molar-refractivity contribution < 1.29 is 4.92 Å². The average molecular weight is 219 g/mol. The lowest BCUT2D eigenvalue weighted by Gasteiger charge is -2.06. The maximum atomic E-state index is 10.7. The lowest BCUT2D eigenvalue weighted by molar-refractivity contribution is -0.384. The third-order valence-electron chi connectivity index (χ3n) is 2.75. The number of nitro benzene ring substituents is 1. The van der Waals surface area contributed by atoms with E-state index in [9.17, 15) is 10.1 Å². The molecule has 5 heteroatoms. The Morgan fingerprint density at radius 2 is 2.31 bits per heavy atom. The number of nitrogens with two attached hydrogens (primary N) is 1. The van der Waals surface area contributed by atoms with E-state index in [-0.39, 0.29) is 11.7 Å². The summed E-state index contributed by atoms with van der Waals surface area (Å²) in [5.74, 6) is 0. The van der Waals surface area contributed by atoms with Crippen LogP contribution in [-0.4, -0.2) is 9.91 Å². The molecule has 0 bridgehead atoms. The van der Waals surface area contributed by atoms with Gasteiger partial charge in [-0.1, -0.05) is 6.92 Å². The first-order valence-electron chi connectivity index (χ1n) is 5.14. The summed E-state index contributed by atoms with van der Waals surface area (Å²) in [5.41, 5.74) is 7.85. The van der Waals surface area contributed by atoms with E-state index in [1.165, 1.54) is 6.07 Å². The number of nitrogens with zero attached hydrogens (tertiary/aromatic N) is 1. The van der Waals surface area contributed by atoms with Gasteiger partial charge in [0.25, 0.3) is 5.69 Å². The number of nitrogens with one attached hydrogen (secondary N) is 1. The lowest BCUT2D eigenvalue weighted by atomic mass is 10.0. The van der Waals surface area contributed by atoms with Gasteiger partial charge in [-0.25, -0.2) is 0 Å². The number of aromatic amines is 1. The molecule has 2 aromatic rings. The average Bonchev–Trinajstić information content (AvgIpc) is 2.70. The zero-order valence-corrected chi connectivity index (χ0v) is 8.93. The van der Waals surface area contributed by atoms with Crippen LogP contribution in [0.5, 0.6) is 0 Å². The van der Waals surface area contributed by atoms with Gasteiger partial charge in [-0.15, -0.1) is 0 Å². The van der Waals surface area contributed by atoms with Crippen LogP contribution < -0.4 is 5.73 Å². The minimum absolute atomic E-state index is 0.0873. The minimum atomic E-state index is -0.395. The normalized spacial score (nSPS) is 12.9. The first-order valence-corrected chi connectivity index (χ1v) is 5.14. The highest BCUT2D eigenvalue weighted by Gasteiger charge is 2.13. The first-order chi connectivity index (χ1) is 7.63. The number of hydrogen-bond donors (Lipinski definition) is 2. The molecular weight excluding hydrogens is 206 g/mol. The number of nitro groups is 1. The van der Waals surface area contributed by atoms with Crippen LogP contribution in [0.15, 0.2) is 24.4 Å². The summed E-state index contributed by atoms with van der Waals surface area (Å²) in [4.78, 5) is 13.4. The molecular formula is C11H13N3O2. The molecule has 0 fully saturated rings. The zero-order valence-electron chi connectivity index (χ0n) is 8.93. The molecule has 16 heavy (non-hydrogen) atoms. The Balaban J connectivity index is 2.60. The van der Waals surface area contributed by atoms with Gasteiger partial charge < -0.3 is 10.7 Å². The molecule has 2 rings (SSSR count). The second-order valence-electron chi connectivity index (χ2n) is 3.75. The van der Waals surface area contributed by atoms with Crippen LogP contribution in [0.25, 0.3) is 10.9 Å². The van der Waals surface area contributed by atoms with Crippen molar-refractivity contribution in [3.63, 3.8) is 0 Å². The van der Waals surface area contributed by atoms with E-state index in [1.807, 2.05) is 13.1 Å². The van der Waals surface area contributed by atoms with E-state index in [0.717, 1.165) is 22.9 Å². The molecule has 1 aromatic heterocycles. The van der Waals surface area contributed by atoms with E-state index in [1.54, 1.807) is 12.1 Å². The number of aromatic nitrogens is 1. The van der Waals surface area contributed by atoms with E-state index < -0.39 is 4.92 Å². The summed E-state index contributed by atoms with van der Waals surface area (Å²) in [7, 11) is 0. The zero-order chi connectivity index (χ0) is 11.7. The molecule has 0 aliphatic carbocycles. The molecule has 0 aliphatic rings. The molecule has 0 aliphatic heterocycles. The van der Waals surface area contributed by atoms with Crippen molar-refractivity contribution in [2.75, 3.05) is 0 Å². The monoisotopic (exact) mass is 219 g/mol. The van der Waals surface area contributed by atoms with E-state index in [2.05, 4.69) is 4.98 Å². The van der Waals surface area contributed by atoms with Gasteiger partial charge in [0.1, 0.15) is 0 Å². The standard InChI is InChI=1S/C11H13N3O2/c1-2-10(12)9-6-13-11-4-3-7(14(15)16)5-8(9)11/h3-6,10,13H,2,12H2,1H3. The van der Waals surface area contributed by atoms with Gasteiger partial charge in [-0.3, -0.25) is 10.1 Å². The van der Waals surface area contributed by atoms with Crippen LogP contribution in [0.3, 0.4) is 0 Å². The maximum absolute atomic E-state index is 10.7. The Morgan fingerprint density at radius 3 is 2.94 bits per heavy atom. The number of benzene rings is 1. The molecule has 0 spiro atoms. The Kier molecular flexibility index (Phi) is 2.62. The second-order valence-corrected chi connectivity index (χ2v) is 3.75. The van der Waals surface area contributed by atoms with Gasteiger partial charge in [0, 0.05) is 35.3 Å². The number of H-pyrrole nitrogens is 1. The summed E-state index contributed by atoms with van der Waals surface area (Å²) in [6.45, 7) is 1.99. The highest BCUT2D eigenvalue weighted by atomic mass is 16.6. The molecule has 1 aromatic carbocycles. The molecule has 0 amide bonds. The van der Waals surface area contributed by atoms with Gasteiger partial charge in [-0.2, -0.15) is 0 Å². The van der Waals surface area contributed by atoms with Crippen LogP contribution >= 0.6 is 0 Å². The van der Waals surface area contributed by atoms with E-state index in [0.29, 0.717) is 0 Å². The number of hydrogen-bond acceptors (Lipinski definition) is 3. The quantitative estimate of drug-likeness (QED) is 0.614. The summed E-state index contributed by atoms with van der Waals surface area (Å²) in [6.07, 6.45) is 2.62. The Bertz CT molecular complexity index is 533. The van der Waals surface area contributed by atoms with Gasteiger partial charge in [0.15, 0.2) is 0 Å². The highest BCUT2D eigenvalue weighted by molar-refractivity contribution is 5.85. The third-order valence-corrected chi connectivity index (χ3v) is 2.75. The van der Waals surface area contributed by atoms with Crippen molar-refractivity contribution in [2.24, 2.45) is 5.73 Å². The SMILES string of the molecule is CCC(N)c1c[nH]c2ccc([N+](=O)[O-])cc12. The molecule has 1 atom stereocenters. The third kappa shape index (κ3) is 1.65. The Labute approximate surface area is 92.4 Å². The first kappa shape index (κ1) is 10.6. The number of non-ortho nitro benzene ring substituents is 1. The molecule has 0 radical (unpaired) electrons. The van der Waals surface area contributed by atoms with Gasteiger partial charge in [0.05, 0.1) is 4.92 Å². The van der Waals surface area contributed by atoms with Crippen LogP contribution in [0, 0.1) is 10.1 Å². The van der Waals surface area contributed by atoms with Crippen molar-refractivity contribution in [1.29, 1.82) is 0 Å². The lowest BCUT2D eigenvalue weighted by Crippen LogP contribution is -2.07. The fraction of sp³-hybridized carbons (Fsp3) is 0.273. The van der Waals surface area contributed by atoms with Crippen molar-refractivity contribution in [3.05, 3.63) is 40.1 Å². The van der Waals surface area contributed by atoms with Crippen LogP contribution in [0.2, 0.25) is 0 Å². The van der Waals surface area contributed by atoms with Crippen LogP contribution in [-0.2, 0) is 0 Å². The Hall–Kier alpha value is -1.88. The van der Waals surface area contributed by atoms with Crippen molar-refractivity contribution in [1.82, 2.24) is 4.98 Å². The van der Waals surface area contributed by atoms with E-state index in [4.69, 9.17) is 5.73 Å². The number of rotatable bonds is 3. The molecule has 1 heterocycles. The predicted octanol–water partition coefficient (Wildman–Crippen LogP) is 2.49. The molecule has 84 valence electrons. The topological polar surface area (TPSA) is 85.0 Å². The number of fused-ring (bicyclic) bond motifs is 1. The molecule has 5 nitrogen and oxygen atoms in total. The largest absolute Gasteiger partial charge is 0.361 e. The van der Waals surface area contributed by atoms with Crippen molar-refractivity contribution >= 4 is 16.6 Å². The fourth-order valence-electron chi connectivity index (χ4n) is 1.77. The van der Waals surface area contributed by atoms with Crippen LogP contribution in [0.4, 0.5) is 5.69 Å². The van der Waals surface area contributed by atoms with Gasteiger partial charge in [0.2, 0.25) is 0 Å². The molecule has 3 N–H and O–H groups in total. The molecule has 1 unspecified atom stereocenters.